The van der Waals surface area contributed by atoms with Crippen LogP contribution in [-0.2, 0) is 0 Å². The fourth-order valence-electron chi connectivity index (χ4n) is 4.54. The van der Waals surface area contributed by atoms with Crippen molar-refractivity contribution in [2.24, 2.45) is 17.8 Å². The summed E-state index contributed by atoms with van der Waals surface area (Å²) in [5.41, 5.74) is 0.486. The van der Waals surface area contributed by atoms with Crippen LogP contribution in [0.4, 0.5) is 4.39 Å². The highest BCUT2D eigenvalue weighted by molar-refractivity contribution is 5.34. The van der Waals surface area contributed by atoms with Gasteiger partial charge in [0.15, 0.2) is 0 Å². The molecule has 0 amide bonds. The van der Waals surface area contributed by atoms with Crippen LogP contribution in [0.3, 0.4) is 0 Å². The van der Waals surface area contributed by atoms with Crippen molar-refractivity contribution in [3.05, 3.63) is 35.1 Å². The number of nitriles is 1. The Kier molecular flexibility index (Phi) is 4.71. The van der Waals surface area contributed by atoms with E-state index in [1.54, 1.807) is 12.1 Å². The van der Waals surface area contributed by atoms with Crippen molar-refractivity contribution in [3.63, 3.8) is 0 Å². The summed E-state index contributed by atoms with van der Waals surface area (Å²) in [5, 5.41) is 8.90. The lowest BCUT2D eigenvalue weighted by molar-refractivity contribution is 0.156. The second-order valence-electron chi connectivity index (χ2n) is 7.54. The Hall–Kier alpha value is -1.36. The third-order valence-corrected chi connectivity index (χ3v) is 6.00. The van der Waals surface area contributed by atoms with E-state index in [0.717, 1.165) is 18.8 Å². The molecule has 0 aliphatic heterocycles. The van der Waals surface area contributed by atoms with Crippen molar-refractivity contribution in [1.29, 1.82) is 5.26 Å². The van der Waals surface area contributed by atoms with Gasteiger partial charge in [0.05, 0.1) is 5.56 Å². The maximum Gasteiger partial charge on any atom is 0.141 e. The van der Waals surface area contributed by atoms with Crippen LogP contribution in [0.1, 0.15) is 92.2 Å². The third-order valence-electron chi connectivity index (χ3n) is 6.00. The molecule has 24 heavy (non-hydrogen) atoms. The first-order chi connectivity index (χ1) is 12.9. The fourth-order valence-corrected chi connectivity index (χ4v) is 4.54. The average Bonchev–Trinajstić information content (AvgIpc) is 2.61. The van der Waals surface area contributed by atoms with E-state index in [1.807, 2.05) is 0 Å². The van der Waals surface area contributed by atoms with Crippen LogP contribution in [0.15, 0.2) is 18.2 Å². The van der Waals surface area contributed by atoms with Crippen LogP contribution in [0.25, 0.3) is 0 Å². The standard InChI is InChI=1S/C22H30FN/c1-2-3-16-4-6-17(7-5-16)18-8-10-19(11-9-18)20-12-13-21(15-24)22(23)14-20/h12-14,16-19H,2-11H2,1H3/t16?,17?,18-,19?/i10D,11D2/t10-,16?,17?,18-,19?/m1/s1. The van der Waals surface area contributed by atoms with Crippen molar-refractivity contribution >= 4 is 0 Å². The minimum Gasteiger partial charge on any atom is -0.206 e. The van der Waals surface area contributed by atoms with Crippen molar-refractivity contribution in [2.75, 3.05) is 0 Å². The molecule has 2 fully saturated rings. The Morgan fingerprint density at radius 2 is 1.92 bits per heavy atom. The Labute approximate surface area is 150 Å². The van der Waals surface area contributed by atoms with Crippen molar-refractivity contribution in [1.82, 2.24) is 0 Å². The zero-order valence-corrected chi connectivity index (χ0v) is 14.6. The van der Waals surface area contributed by atoms with E-state index < -0.39 is 24.5 Å². The highest BCUT2D eigenvalue weighted by atomic mass is 19.1. The van der Waals surface area contributed by atoms with Gasteiger partial charge >= 0.3 is 0 Å². The Bertz CT molecular complexity index is 691. The van der Waals surface area contributed by atoms with E-state index in [9.17, 15) is 4.39 Å². The van der Waals surface area contributed by atoms with E-state index in [1.165, 1.54) is 37.8 Å². The van der Waals surface area contributed by atoms with Crippen molar-refractivity contribution in [3.8, 4) is 6.07 Å². The van der Waals surface area contributed by atoms with E-state index in [2.05, 4.69) is 6.92 Å². The average molecular weight is 331 g/mol. The van der Waals surface area contributed by atoms with Crippen LogP contribution in [0.2, 0.25) is 0 Å². The fraction of sp³-hybridized carbons (Fsp3) is 0.682. The minimum atomic E-state index is -1.52. The monoisotopic (exact) mass is 330 g/mol. The number of nitrogens with zero attached hydrogens (tertiary/aromatic N) is 1. The maximum absolute atomic E-state index is 14.0. The summed E-state index contributed by atoms with van der Waals surface area (Å²) in [7, 11) is 0. The van der Waals surface area contributed by atoms with Crippen LogP contribution >= 0.6 is 0 Å². The number of hydrogen-bond acceptors (Lipinski definition) is 1. The Morgan fingerprint density at radius 1 is 1.17 bits per heavy atom. The molecule has 1 aromatic rings. The number of halogens is 1. The SMILES string of the molecule is [2H][C@@H]1C[C@@H](C2CCC(CCC)CC2)CC([2H])([2H])C1c1ccc(C#N)c(F)c1. The van der Waals surface area contributed by atoms with Crippen molar-refractivity contribution in [2.45, 2.75) is 77.0 Å². The van der Waals surface area contributed by atoms with Gasteiger partial charge in [-0.05, 0) is 79.8 Å². The predicted molar refractivity (Wildman–Crippen MR) is 96.2 cm³/mol. The molecule has 3 rings (SSSR count). The van der Waals surface area contributed by atoms with Crippen LogP contribution < -0.4 is 0 Å². The molecule has 2 saturated carbocycles. The number of benzene rings is 1. The van der Waals surface area contributed by atoms with Gasteiger partial charge in [0.2, 0.25) is 0 Å². The number of rotatable bonds is 4. The van der Waals surface area contributed by atoms with Crippen LogP contribution in [0, 0.1) is 34.9 Å². The highest BCUT2D eigenvalue weighted by Gasteiger charge is 2.31. The summed E-state index contributed by atoms with van der Waals surface area (Å²) >= 11 is 0. The second kappa shape index (κ2) is 8.15. The first-order valence-electron chi connectivity index (χ1n) is 11.0. The Morgan fingerprint density at radius 3 is 2.54 bits per heavy atom. The normalized spacial score (nSPS) is 37.7. The number of hydrogen-bond donors (Lipinski definition) is 0. The molecule has 2 aliphatic rings. The molecule has 3 atom stereocenters. The van der Waals surface area contributed by atoms with E-state index in [-0.39, 0.29) is 11.5 Å². The molecule has 0 radical (unpaired) electrons. The maximum atomic E-state index is 14.0. The minimum absolute atomic E-state index is 0.0293. The molecule has 0 heterocycles. The van der Waals surface area contributed by atoms with E-state index in [4.69, 9.17) is 9.37 Å². The molecule has 1 unspecified atom stereocenters. The lowest BCUT2D eigenvalue weighted by atomic mass is 9.68. The van der Waals surface area contributed by atoms with E-state index in [0.29, 0.717) is 24.3 Å². The molecule has 1 nitrogen and oxygen atoms in total. The van der Waals surface area contributed by atoms with Gasteiger partial charge in [0.25, 0.3) is 0 Å². The van der Waals surface area contributed by atoms with Gasteiger partial charge in [0.1, 0.15) is 11.9 Å². The molecule has 0 saturated heterocycles. The molecule has 2 aliphatic carbocycles. The van der Waals surface area contributed by atoms with Crippen LogP contribution in [0.5, 0.6) is 0 Å². The molecule has 1 aromatic carbocycles. The van der Waals surface area contributed by atoms with E-state index >= 15 is 0 Å². The molecule has 0 aromatic heterocycles. The van der Waals surface area contributed by atoms with Gasteiger partial charge in [-0.2, -0.15) is 5.26 Å². The lowest BCUT2D eigenvalue weighted by Gasteiger charge is -2.38. The summed E-state index contributed by atoms with van der Waals surface area (Å²) in [6.45, 7) is 2.23. The summed E-state index contributed by atoms with van der Waals surface area (Å²) in [6.07, 6.45) is 6.39. The van der Waals surface area contributed by atoms with Gasteiger partial charge < -0.3 is 0 Å². The first kappa shape index (κ1) is 13.9. The largest absolute Gasteiger partial charge is 0.206 e. The van der Waals surface area contributed by atoms with Gasteiger partial charge in [0, 0.05) is 4.11 Å². The zero-order chi connectivity index (χ0) is 19.6. The first-order valence-corrected chi connectivity index (χ1v) is 9.47. The summed E-state index contributed by atoms with van der Waals surface area (Å²) in [5.74, 6) is 0.360. The lowest BCUT2D eigenvalue weighted by Crippen LogP contribution is -2.25. The second-order valence-corrected chi connectivity index (χ2v) is 7.54. The van der Waals surface area contributed by atoms with Gasteiger partial charge in [-0.3, -0.25) is 0 Å². The quantitative estimate of drug-likeness (QED) is 0.612. The molecule has 0 bridgehead atoms. The molecule has 0 spiro atoms. The molecule has 0 N–H and O–H groups in total. The van der Waals surface area contributed by atoms with Gasteiger partial charge in [-0.15, -0.1) is 0 Å². The van der Waals surface area contributed by atoms with Crippen LogP contribution in [-0.4, -0.2) is 0 Å². The predicted octanol–water partition coefficient (Wildman–Crippen LogP) is 6.58. The summed E-state index contributed by atoms with van der Waals surface area (Å²) in [6, 6.07) is 6.11. The molecular weight excluding hydrogens is 297 g/mol. The van der Waals surface area contributed by atoms with Gasteiger partial charge in [-0.25, -0.2) is 4.39 Å². The summed E-state index contributed by atoms with van der Waals surface area (Å²) < 4.78 is 39.9. The zero-order valence-electron chi connectivity index (χ0n) is 17.6. The smallest absolute Gasteiger partial charge is 0.141 e. The molecule has 130 valence electrons. The topological polar surface area (TPSA) is 23.8 Å². The third kappa shape index (κ3) is 4.00. The van der Waals surface area contributed by atoms with Gasteiger partial charge in [-0.1, -0.05) is 38.7 Å². The molecular formula is C22H30FN. The summed E-state index contributed by atoms with van der Waals surface area (Å²) in [4.78, 5) is 0. The molecule has 2 heteroatoms. The van der Waals surface area contributed by atoms with Crippen molar-refractivity contribution < 1.29 is 8.50 Å². The Balaban J connectivity index is 1.72. The highest BCUT2D eigenvalue weighted by Crippen LogP contribution is 2.44.